The summed E-state index contributed by atoms with van der Waals surface area (Å²) in [6.07, 6.45) is 0.873. The van der Waals surface area contributed by atoms with Gasteiger partial charge in [0.15, 0.2) is 0 Å². The van der Waals surface area contributed by atoms with Gasteiger partial charge in [-0.05, 0) is 111 Å². The molecule has 0 fully saturated rings. The highest BCUT2D eigenvalue weighted by molar-refractivity contribution is 7.86. The molecular weight excluding hydrogens is 823 g/mol. The fraction of sp³-hybridized carbons (Fsp3) is 0.143. The van der Waals surface area contributed by atoms with Crippen LogP contribution in [0.25, 0.3) is 22.2 Å². The van der Waals surface area contributed by atoms with Gasteiger partial charge in [-0.3, -0.25) is 14.4 Å². The van der Waals surface area contributed by atoms with Crippen LogP contribution >= 0.6 is 11.6 Å². The third kappa shape index (κ3) is 13.4. The highest BCUT2D eigenvalue weighted by Gasteiger charge is 2.12. The number of furan rings is 1. The lowest BCUT2D eigenvalue weighted by Gasteiger charge is -2.12. The molecule has 0 aliphatic rings. The first kappa shape index (κ1) is 44.4. The zero-order valence-corrected chi connectivity index (χ0v) is 34.3. The van der Waals surface area contributed by atoms with Crippen molar-refractivity contribution in [3.05, 3.63) is 161 Å². The Labute approximate surface area is 346 Å². The van der Waals surface area contributed by atoms with Crippen LogP contribution in [0.2, 0.25) is 5.02 Å². The third-order valence-corrected chi connectivity index (χ3v) is 10.3. The summed E-state index contributed by atoms with van der Waals surface area (Å²) >= 11 is 6.46. The number of benzene rings is 5. The first-order valence-corrected chi connectivity index (χ1v) is 21.0. The van der Waals surface area contributed by atoms with Crippen molar-refractivity contribution in [2.45, 2.75) is 49.9 Å². The van der Waals surface area contributed by atoms with E-state index in [2.05, 4.69) is 20.6 Å². The minimum Gasteiger partial charge on any atom is -0.487 e. The Morgan fingerprint density at radius 1 is 0.797 bits per heavy atom. The van der Waals surface area contributed by atoms with Crippen molar-refractivity contribution in [3.8, 4) is 17.1 Å². The first-order chi connectivity index (χ1) is 27.9. The number of fused-ring (bicyclic) bond motifs is 1. The largest absolute Gasteiger partial charge is 0.487 e. The van der Waals surface area contributed by atoms with Crippen LogP contribution < -0.4 is 15.4 Å². The Kier molecular flexibility index (Phi) is 14.9. The number of aliphatic hydroxyl groups is 1. The molecule has 0 aliphatic heterocycles. The van der Waals surface area contributed by atoms with Gasteiger partial charge in [0.05, 0.1) is 26.9 Å². The Bertz CT molecular complexity index is 2660. The average molecular weight is 863 g/mol. The van der Waals surface area contributed by atoms with E-state index in [9.17, 15) is 26.3 Å². The van der Waals surface area contributed by atoms with Crippen LogP contribution in [0.4, 0.5) is 15.9 Å². The number of aromatic nitrogens is 2. The molecule has 59 heavy (non-hydrogen) atoms. The van der Waals surface area contributed by atoms with Gasteiger partial charge in [0.1, 0.15) is 48.1 Å². The van der Waals surface area contributed by atoms with Crippen LogP contribution in [0.15, 0.2) is 142 Å². The Morgan fingerprint density at radius 3 is 2.02 bits per heavy atom. The third-order valence-electron chi connectivity index (χ3n) is 8.27. The molecule has 0 saturated carbocycles. The van der Waals surface area contributed by atoms with Gasteiger partial charge in [-0.25, -0.2) is 14.4 Å². The number of nitrogens with one attached hydrogen (secondary N) is 2. The van der Waals surface area contributed by atoms with Gasteiger partial charge in [-0.1, -0.05) is 59.1 Å². The van der Waals surface area contributed by atoms with E-state index in [1.54, 1.807) is 55.5 Å². The van der Waals surface area contributed by atoms with E-state index in [0.717, 1.165) is 33.3 Å². The number of hydrogen-bond acceptors (Lipinski definition) is 11. The molecular formula is C42H40ClFN4O9S2. The minimum absolute atomic E-state index is 0.0666. The van der Waals surface area contributed by atoms with E-state index in [-0.39, 0.29) is 22.2 Å². The van der Waals surface area contributed by atoms with E-state index >= 15 is 0 Å². The van der Waals surface area contributed by atoms with Gasteiger partial charge in [0.25, 0.3) is 20.2 Å². The molecule has 0 bridgehead atoms. The van der Waals surface area contributed by atoms with Crippen molar-refractivity contribution < 1.29 is 44.6 Å². The second kappa shape index (κ2) is 19.8. The lowest BCUT2D eigenvalue weighted by atomic mass is 10.1. The van der Waals surface area contributed by atoms with Gasteiger partial charge in [-0.2, -0.15) is 16.8 Å². The van der Waals surface area contributed by atoms with Crippen molar-refractivity contribution in [1.29, 1.82) is 0 Å². The lowest BCUT2D eigenvalue weighted by Crippen LogP contribution is -2.24. The lowest BCUT2D eigenvalue weighted by molar-refractivity contribution is 0.152. The van der Waals surface area contributed by atoms with Crippen LogP contribution in [-0.4, -0.2) is 47.2 Å². The maximum atomic E-state index is 13.4. The summed E-state index contributed by atoms with van der Waals surface area (Å²) in [4.78, 5) is 8.66. The van der Waals surface area contributed by atoms with E-state index in [4.69, 9.17) is 29.9 Å². The first-order valence-electron chi connectivity index (χ1n) is 17.7. The maximum absolute atomic E-state index is 13.4. The fourth-order valence-corrected chi connectivity index (χ4v) is 6.42. The highest BCUT2D eigenvalue weighted by Crippen LogP contribution is 2.33. The summed E-state index contributed by atoms with van der Waals surface area (Å²) in [6, 6.07) is 33.1. The maximum Gasteiger partial charge on any atom is 0.294 e. The van der Waals surface area contributed by atoms with E-state index in [1.807, 2.05) is 50.2 Å². The van der Waals surface area contributed by atoms with Crippen molar-refractivity contribution >= 4 is 54.2 Å². The molecule has 17 heteroatoms. The molecule has 5 aromatic carbocycles. The molecule has 0 amide bonds. The summed E-state index contributed by atoms with van der Waals surface area (Å²) in [5.41, 5.74) is 4.98. The number of aryl methyl sites for hydroxylation is 2. The molecule has 0 spiro atoms. The predicted molar refractivity (Wildman–Crippen MR) is 223 cm³/mol. The zero-order valence-electron chi connectivity index (χ0n) is 31.9. The zero-order chi connectivity index (χ0) is 42.7. The molecule has 1 atom stereocenters. The number of halogens is 2. The summed E-state index contributed by atoms with van der Waals surface area (Å²) in [5.74, 6) is 2.20. The van der Waals surface area contributed by atoms with Crippen LogP contribution in [0, 0.1) is 19.7 Å². The molecule has 2 heterocycles. The standard InChI is InChI=1S/C28H24ClFN4O3.2C7H8O3S/c1-17(35)31-14-22-7-10-26(37-22)19-5-8-25-23(12-19)28(33-16-32-25)34-21-6-9-27(24(29)13-21)36-15-18-3-2-4-20(30)11-18;2*1-6-2-4-7(5-3-6)11(8,9)10/h2-13,16-17,31,35H,14-15H2,1H3,(H,32,33,34);2*2-5H,1H3,(H,8,9,10). The second-order valence-corrected chi connectivity index (χ2v) is 16.3. The minimum atomic E-state index is -4.02. The smallest absolute Gasteiger partial charge is 0.294 e. The van der Waals surface area contributed by atoms with Crippen LogP contribution in [0.5, 0.6) is 5.75 Å². The number of aliphatic hydroxyl groups excluding tert-OH is 1. The summed E-state index contributed by atoms with van der Waals surface area (Å²) < 4.78 is 84.2. The SMILES string of the molecule is CC(O)NCc1ccc(-c2ccc3ncnc(Nc4ccc(OCc5cccc(F)c5)c(Cl)c4)c3c2)o1.Cc1ccc(S(=O)(=O)O)cc1.Cc1ccc(S(=O)(=O)O)cc1. The van der Waals surface area contributed by atoms with Crippen molar-refractivity contribution in [2.75, 3.05) is 5.32 Å². The second-order valence-electron chi connectivity index (χ2n) is 13.0. The molecule has 0 radical (unpaired) electrons. The number of nitrogens with zero attached hydrogens (tertiary/aromatic N) is 2. The van der Waals surface area contributed by atoms with Gasteiger partial charge in [0.2, 0.25) is 0 Å². The van der Waals surface area contributed by atoms with Crippen LogP contribution in [0.3, 0.4) is 0 Å². The van der Waals surface area contributed by atoms with E-state index < -0.39 is 26.5 Å². The monoisotopic (exact) mass is 862 g/mol. The highest BCUT2D eigenvalue weighted by atomic mass is 35.5. The fourth-order valence-electron chi connectivity index (χ4n) is 5.23. The molecule has 13 nitrogen and oxygen atoms in total. The van der Waals surface area contributed by atoms with Gasteiger partial charge in [0, 0.05) is 16.6 Å². The number of ether oxygens (including phenoxy) is 1. The molecule has 5 N–H and O–H groups in total. The average Bonchev–Trinajstić information content (AvgIpc) is 3.66. The van der Waals surface area contributed by atoms with Gasteiger partial charge in [-0.15, -0.1) is 0 Å². The van der Waals surface area contributed by atoms with Gasteiger partial charge < -0.3 is 19.6 Å². The summed E-state index contributed by atoms with van der Waals surface area (Å²) in [7, 11) is -8.04. The molecule has 7 rings (SSSR count). The summed E-state index contributed by atoms with van der Waals surface area (Å²) in [6.45, 7) is 5.96. The number of anilines is 2. The van der Waals surface area contributed by atoms with Crippen molar-refractivity contribution in [2.24, 2.45) is 0 Å². The summed E-state index contributed by atoms with van der Waals surface area (Å²) in [5, 5.41) is 16.9. The normalized spacial score (nSPS) is 11.8. The van der Waals surface area contributed by atoms with Crippen LogP contribution in [-0.2, 0) is 33.4 Å². The molecule has 0 saturated heterocycles. The quantitative estimate of drug-likeness (QED) is 0.0610. The number of rotatable bonds is 11. The van der Waals surface area contributed by atoms with E-state index in [0.29, 0.717) is 40.2 Å². The predicted octanol–water partition coefficient (Wildman–Crippen LogP) is 8.92. The molecule has 308 valence electrons. The van der Waals surface area contributed by atoms with E-state index in [1.165, 1.54) is 42.7 Å². The molecule has 1 unspecified atom stereocenters. The molecule has 0 aliphatic carbocycles. The van der Waals surface area contributed by atoms with Crippen molar-refractivity contribution in [1.82, 2.24) is 15.3 Å². The Morgan fingerprint density at radius 2 is 1.44 bits per heavy atom. The van der Waals surface area contributed by atoms with Crippen molar-refractivity contribution in [3.63, 3.8) is 0 Å². The van der Waals surface area contributed by atoms with Gasteiger partial charge >= 0.3 is 0 Å². The molecule has 2 aromatic heterocycles. The topological polar surface area (TPSA) is 201 Å². The Hall–Kier alpha value is -5.72. The molecule has 7 aromatic rings. The Balaban J connectivity index is 0.000000244. The number of hydrogen-bond donors (Lipinski definition) is 5. The van der Waals surface area contributed by atoms with Crippen LogP contribution in [0.1, 0.15) is 29.4 Å².